The number of fused-ring (bicyclic) bond motifs is 1. The highest BCUT2D eigenvalue weighted by Crippen LogP contribution is 2.33. The number of pyridine rings is 1. The van der Waals surface area contributed by atoms with Crippen LogP contribution in [0.15, 0.2) is 18.2 Å². The summed E-state index contributed by atoms with van der Waals surface area (Å²) < 4.78 is 5.38. The van der Waals surface area contributed by atoms with Gasteiger partial charge in [-0.2, -0.15) is 0 Å². The van der Waals surface area contributed by atoms with Crippen LogP contribution in [-0.4, -0.2) is 18.6 Å². The first kappa shape index (κ1) is 14.1. The van der Waals surface area contributed by atoms with Gasteiger partial charge in [-0.25, -0.2) is 4.98 Å². The molecule has 4 heteroatoms. The molecule has 1 heterocycles. The highest BCUT2D eigenvalue weighted by Gasteiger charge is 2.12. The molecular weight excluding hydrogens is 260 g/mol. The number of nitrogens with two attached hydrogens (primary N) is 1. The van der Waals surface area contributed by atoms with Gasteiger partial charge >= 0.3 is 0 Å². The standard InChI is InChI=1S/C15H19ClN2O/c1-10-9-12(16)14-11(5-3-4-8-17)6-7-13(19-2)15(14)18-10/h6-7,9H,3-5,8,17H2,1-2H3. The van der Waals surface area contributed by atoms with Gasteiger partial charge in [0.15, 0.2) is 0 Å². The van der Waals surface area contributed by atoms with Gasteiger partial charge in [0.1, 0.15) is 11.3 Å². The first-order chi connectivity index (χ1) is 9.17. The Morgan fingerprint density at radius 1 is 1.32 bits per heavy atom. The Balaban J connectivity index is 2.54. The van der Waals surface area contributed by atoms with E-state index in [0.29, 0.717) is 0 Å². The van der Waals surface area contributed by atoms with Crippen LogP contribution >= 0.6 is 11.6 Å². The topological polar surface area (TPSA) is 48.1 Å². The Hall–Kier alpha value is -1.32. The minimum Gasteiger partial charge on any atom is -0.494 e. The zero-order valence-corrected chi connectivity index (χ0v) is 12.1. The van der Waals surface area contributed by atoms with Gasteiger partial charge in [-0.05, 0) is 50.4 Å². The van der Waals surface area contributed by atoms with E-state index in [9.17, 15) is 0 Å². The summed E-state index contributed by atoms with van der Waals surface area (Å²) in [5, 5.41) is 1.74. The van der Waals surface area contributed by atoms with Gasteiger partial charge in [0.2, 0.25) is 0 Å². The number of aromatic nitrogens is 1. The molecular formula is C15H19ClN2O. The lowest BCUT2D eigenvalue weighted by Crippen LogP contribution is -2.00. The van der Waals surface area contributed by atoms with Crippen molar-refractivity contribution in [1.29, 1.82) is 0 Å². The van der Waals surface area contributed by atoms with Crippen molar-refractivity contribution in [3.05, 3.63) is 34.5 Å². The number of aryl methyl sites for hydroxylation is 2. The maximum absolute atomic E-state index is 6.39. The molecule has 0 amide bonds. The largest absolute Gasteiger partial charge is 0.494 e. The van der Waals surface area contributed by atoms with Gasteiger partial charge in [-0.1, -0.05) is 17.7 Å². The number of methoxy groups -OCH3 is 1. The monoisotopic (exact) mass is 278 g/mol. The Morgan fingerprint density at radius 3 is 2.79 bits per heavy atom. The van der Waals surface area contributed by atoms with Gasteiger partial charge in [-0.15, -0.1) is 0 Å². The number of hydrogen-bond acceptors (Lipinski definition) is 3. The average Bonchev–Trinajstić information content (AvgIpc) is 2.38. The number of nitrogens with zero attached hydrogens (tertiary/aromatic N) is 1. The molecule has 0 fully saturated rings. The zero-order chi connectivity index (χ0) is 13.8. The maximum Gasteiger partial charge on any atom is 0.145 e. The molecule has 0 aliphatic rings. The molecule has 0 atom stereocenters. The summed E-state index contributed by atoms with van der Waals surface area (Å²) in [5.41, 5.74) is 8.50. The number of benzene rings is 1. The summed E-state index contributed by atoms with van der Waals surface area (Å²) in [7, 11) is 1.65. The van der Waals surface area contributed by atoms with Crippen molar-refractivity contribution in [1.82, 2.24) is 4.98 Å². The van der Waals surface area contributed by atoms with Crippen molar-refractivity contribution >= 4 is 22.5 Å². The van der Waals surface area contributed by atoms with E-state index in [1.165, 1.54) is 5.56 Å². The highest BCUT2D eigenvalue weighted by molar-refractivity contribution is 6.35. The van der Waals surface area contributed by atoms with Gasteiger partial charge in [-0.3, -0.25) is 0 Å². The van der Waals surface area contributed by atoms with E-state index in [2.05, 4.69) is 11.1 Å². The second kappa shape index (κ2) is 6.22. The first-order valence-electron chi connectivity index (χ1n) is 6.50. The highest BCUT2D eigenvalue weighted by atomic mass is 35.5. The van der Waals surface area contributed by atoms with Crippen LogP contribution < -0.4 is 10.5 Å². The van der Waals surface area contributed by atoms with Gasteiger partial charge in [0.05, 0.1) is 12.1 Å². The molecule has 1 aromatic carbocycles. The van der Waals surface area contributed by atoms with Gasteiger partial charge < -0.3 is 10.5 Å². The van der Waals surface area contributed by atoms with Gasteiger partial charge in [0, 0.05) is 11.1 Å². The molecule has 0 aliphatic heterocycles. The fraction of sp³-hybridized carbons (Fsp3) is 0.400. The van der Waals surface area contributed by atoms with Crippen molar-refractivity contribution in [2.75, 3.05) is 13.7 Å². The summed E-state index contributed by atoms with van der Waals surface area (Å²) in [6.45, 7) is 2.66. The summed E-state index contributed by atoms with van der Waals surface area (Å²) in [5.74, 6) is 0.767. The minimum atomic E-state index is 0.721. The third-order valence-electron chi connectivity index (χ3n) is 3.21. The number of hydrogen-bond donors (Lipinski definition) is 1. The summed E-state index contributed by atoms with van der Waals surface area (Å²) in [6.07, 6.45) is 3.04. The summed E-state index contributed by atoms with van der Waals surface area (Å²) in [4.78, 5) is 4.56. The van der Waals surface area contributed by atoms with E-state index >= 15 is 0 Å². The Bertz CT molecular complexity index is 584. The molecule has 2 rings (SSSR count). The number of unbranched alkanes of at least 4 members (excludes halogenated alkanes) is 1. The van der Waals surface area contributed by atoms with E-state index in [-0.39, 0.29) is 0 Å². The molecule has 0 saturated carbocycles. The van der Waals surface area contributed by atoms with Gasteiger partial charge in [0.25, 0.3) is 0 Å². The molecule has 0 radical (unpaired) electrons. The van der Waals surface area contributed by atoms with Crippen LogP contribution in [-0.2, 0) is 6.42 Å². The van der Waals surface area contributed by atoms with Crippen LogP contribution in [0, 0.1) is 6.92 Å². The molecule has 3 nitrogen and oxygen atoms in total. The number of ether oxygens (including phenoxy) is 1. The molecule has 0 saturated heterocycles. The van der Waals surface area contributed by atoms with E-state index in [4.69, 9.17) is 22.1 Å². The molecule has 0 bridgehead atoms. The molecule has 102 valence electrons. The molecule has 2 N–H and O–H groups in total. The van der Waals surface area contributed by atoms with Crippen molar-refractivity contribution in [2.45, 2.75) is 26.2 Å². The predicted molar refractivity (Wildman–Crippen MR) is 80.0 cm³/mol. The van der Waals surface area contributed by atoms with E-state index < -0.39 is 0 Å². The quantitative estimate of drug-likeness (QED) is 0.852. The van der Waals surface area contributed by atoms with E-state index in [0.717, 1.165) is 53.2 Å². The first-order valence-corrected chi connectivity index (χ1v) is 6.88. The molecule has 19 heavy (non-hydrogen) atoms. The Morgan fingerprint density at radius 2 is 2.11 bits per heavy atom. The zero-order valence-electron chi connectivity index (χ0n) is 11.4. The second-order valence-corrected chi connectivity index (χ2v) is 5.05. The van der Waals surface area contributed by atoms with Crippen molar-refractivity contribution in [3.8, 4) is 5.75 Å². The minimum absolute atomic E-state index is 0.721. The Kier molecular flexibility index (Phi) is 4.61. The molecule has 2 aromatic rings. The third-order valence-corrected chi connectivity index (χ3v) is 3.51. The normalized spacial score (nSPS) is 10.9. The molecule has 0 aliphatic carbocycles. The van der Waals surface area contributed by atoms with Crippen molar-refractivity contribution < 1.29 is 4.74 Å². The summed E-state index contributed by atoms with van der Waals surface area (Å²) >= 11 is 6.39. The Labute approximate surface area is 118 Å². The average molecular weight is 279 g/mol. The van der Waals surface area contributed by atoms with Crippen LogP contribution in [0.3, 0.4) is 0 Å². The van der Waals surface area contributed by atoms with E-state index in [1.54, 1.807) is 7.11 Å². The lowest BCUT2D eigenvalue weighted by Gasteiger charge is -2.12. The number of rotatable bonds is 5. The number of halogens is 1. The predicted octanol–water partition coefficient (Wildman–Crippen LogP) is 3.49. The SMILES string of the molecule is COc1ccc(CCCCN)c2c(Cl)cc(C)nc12. The van der Waals surface area contributed by atoms with Crippen LogP contribution in [0.5, 0.6) is 5.75 Å². The second-order valence-electron chi connectivity index (χ2n) is 4.64. The maximum atomic E-state index is 6.39. The lowest BCUT2D eigenvalue weighted by molar-refractivity contribution is 0.418. The molecule has 0 spiro atoms. The van der Waals surface area contributed by atoms with Crippen LogP contribution in [0.1, 0.15) is 24.1 Å². The fourth-order valence-electron chi connectivity index (χ4n) is 2.29. The van der Waals surface area contributed by atoms with Crippen LogP contribution in [0.2, 0.25) is 5.02 Å². The third kappa shape index (κ3) is 2.99. The summed E-state index contributed by atoms with van der Waals surface area (Å²) in [6, 6.07) is 5.93. The molecule has 0 unspecified atom stereocenters. The lowest BCUT2D eigenvalue weighted by atomic mass is 10.0. The fourth-order valence-corrected chi connectivity index (χ4v) is 2.66. The van der Waals surface area contributed by atoms with Crippen LogP contribution in [0.25, 0.3) is 10.9 Å². The van der Waals surface area contributed by atoms with Crippen molar-refractivity contribution in [3.63, 3.8) is 0 Å². The van der Waals surface area contributed by atoms with Crippen LogP contribution in [0.4, 0.5) is 0 Å². The van der Waals surface area contributed by atoms with E-state index in [1.807, 2.05) is 19.1 Å². The molecule has 1 aromatic heterocycles. The van der Waals surface area contributed by atoms with Crippen molar-refractivity contribution in [2.24, 2.45) is 5.73 Å². The smallest absolute Gasteiger partial charge is 0.145 e.